The van der Waals surface area contributed by atoms with Gasteiger partial charge in [-0.1, -0.05) is 19.8 Å². The van der Waals surface area contributed by atoms with Crippen LogP contribution in [0.25, 0.3) is 5.52 Å². The second-order valence-corrected chi connectivity index (χ2v) is 5.40. The van der Waals surface area contributed by atoms with Crippen LogP contribution in [-0.2, 0) is 0 Å². The number of rotatable bonds is 2. The Morgan fingerprint density at radius 2 is 2.26 bits per heavy atom. The highest BCUT2D eigenvalue weighted by molar-refractivity contribution is 5.77. The summed E-state index contributed by atoms with van der Waals surface area (Å²) in [4.78, 5) is 0. The van der Waals surface area contributed by atoms with Crippen LogP contribution in [0.3, 0.4) is 0 Å². The number of anilines is 1. The highest BCUT2D eigenvalue weighted by Crippen LogP contribution is 2.29. The molecule has 2 aromatic heterocycles. The molecule has 1 fully saturated rings. The Morgan fingerprint density at radius 1 is 1.42 bits per heavy atom. The lowest BCUT2D eigenvalue weighted by atomic mass is 9.85. The van der Waals surface area contributed by atoms with Crippen molar-refractivity contribution in [2.24, 2.45) is 5.92 Å². The summed E-state index contributed by atoms with van der Waals surface area (Å²) in [6.07, 6.45) is 8.59. The quantitative estimate of drug-likeness (QED) is 0.895. The summed E-state index contributed by atoms with van der Waals surface area (Å²) in [5.41, 5.74) is 2.54. The third-order valence-electron chi connectivity index (χ3n) is 4.13. The molecular formula is C15H18N4. The van der Waals surface area contributed by atoms with Crippen molar-refractivity contribution in [3.8, 4) is 6.07 Å². The first-order valence-corrected chi connectivity index (χ1v) is 6.92. The molecule has 0 spiro atoms. The zero-order chi connectivity index (χ0) is 13.2. The van der Waals surface area contributed by atoms with E-state index >= 15 is 0 Å². The zero-order valence-electron chi connectivity index (χ0n) is 11.1. The predicted octanol–water partition coefficient (Wildman–Crippen LogP) is 3.20. The zero-order valence-corrected chi connectivity index (χ0v) is 11.1. The lowest BCUT2D eigenvalue weighted by molar-refractivity contribution is 0.349. The van der Waals surface area contributed by atoms with Crippen LogP contribution in [0, 0.1) is 17.2 Å². The molecule has 4 heteroatoms. The molecule has 0 amide bonds. The van der Waals surface area contributed by atoms with E-state index in [1.54, 1.807) is 6.20 Å². The van der Waals surface area contributed by atoms with Gasteiger partial charge in [-0.2, -0.15) is 10.4 Å². The molecule has 2 aromatic rings. The van der Waals surface area contributed by atoms with E-state index in [1.165, 1.54) is 25.7 Å². The first kappa shape index (κ1) is 12.0. The van der Waals surface area contributed by atoms with Crippen LogP contribution in [-0.4, -0.2) is 15.7 Å². The monoisotopic (exact) mass is 254 g/mol. The number of nitrogens with one attached hydrogen (secondary N) is 1. The molecule has 2 heterocycles. The fourth-order valence-corrected chi connectivity index (χ4v) is 2.95. The Hall–Kier alpha value is -2.02. The second kappa shape index (κ2) is 4.93. The lowest BCUT2D eigenvalue weighted by Crippen LogP contribution is -2.30. The first-order valence-electron chi connectivity index (χ1n) is 6.92. The average Bonchev–Trinajstić information content (AvgIpc) is 2.90. The van der Waals surface area contributed by atoms with Crippen molar-refractivity contribution in [1.29, 1.82) is 5.26 Å². The molecule has 1 aliphatic rings. The van der Waals surface area contributed by atoms with Crippen LogP contribution < -0.4 is 5.32 Å². The Balaban J connectivity index is 1.98. The van der Waals surface area contributed by atoms with Crippen molar-refractivity contribution in [3.05, 3.63) is 30.1 Å². The number of nitrogens with zero attached hydrogens (tertiary/aromatic N) is 3. The van der Waals surface area contributed by atoms with E-state index in [-0.39, 0.29) is 0 Å². The van der Waals surface area contributed by atoms with Gasteiger partial charge in [0.05, 0.1) is 23.0 Å². The Morgan fingerprint density at radius 3 is 3.05 bits per heavy atom. The largest absolute Gasteiger partial charge is 0.379 e. The second-order valence-electron chi connectivity index (χ2n) is 5.40. The number of fused-ring (bicyclic) bond motifs is 1. The van der Waals surface area contributed by atoms with Crippen molar-refractivity contribution in [1.82, 2.24) is 9.61 Å². The van der Waals surface area contributed by atoms with Gasteiger partial charge in [-0.3, -0.25) is 0 Å². The molecule has 19 heavy (non-hydrogen) atoms. The van der Waals surface area contributed by atoms with Crippen molar-refractivity contribution >= 4 is 11.2 Å². The van der Waals surface area contributed by atoms with Crippen LogP contribution in [0.2, 0.25) is 0 Å². The predicted molar refractivity (Wildman–Crippen MR) is 74.9 cm³/mol. The van der Waals surface area contributed by atoms with Gasteiger partial charge in [-0.05, 0) is 30.9 Å². The van der Waals surface area contributed by atoms with Gasteiger partial charge < -0.3 is 5.32 Å². The van der Waals surface area contributed by atoms with Crippen LogP contribution in [0.5, 0.6) is 0 Å². The minimum atomic E-state index is 0.460. The van der Waals surface area contributed by atoms with Gasteiger partial charge in [-0.15, -0.1) is 0 Å². The number of hydrogen-bond donors (Lipinski definition) is 1. The summed E-state index contributed by atoms with van der Waals surface area (Å²) < 4.78 is 1.82. The lowest BCUT2D eigenvalue weighted by Gasteiger charge is -2.30. The van der Waals surface area contributed by atoms with Crippen LogP contribution in [0.15, 0.2) is 24.5 Å². The van der Waals surface area contributed by atoms with E-state index in [1.807, 2.05) is 22.8 Å². The van der Waals surface area contributed by atoms with Crippen molar-refractivity contribution in [3.63, 3.8) is 0 Å². The molecule has 2 atom stereocenters. The molecule has 1 aliphatic carbocycles. The molecule has 3 rings (SSSR count). The molecule has 1 saturated carbocycles. The Kier molecular flexibility index (Phi) is 3.12. The third kappa shape index (κ3) is 2.17. The van der Waals surface area contributed by atoms with Crippen molar-refractivity contribution in [2.75, 3.05) is 5.32 Å². The molecule has 0 unspecified atom stereocenters. The van der Waals surface area contributed by atoms with Crippen LogP contribution in [0.4, 0.5) is 5.69 Å². The SMILES string of the molecule is C[C@H]1CCCC[C@H]1Nc1c(C#N)cnn2cccc12. The van der Waals surface area contributed by atoms with E-state index < -0.39 is 0 Å². The Bertz CT molecular complexity index is 623. The van der Waals surface area contributed by atoms with Gasteiger partial charge in [0.1, 0.15) is 6.07 Å². The summed E-state index contributed by atoms with van der Waals surface area (Å²) in [5, 5.41) is 17.1. The van der Waals surface area contributed by atoms with Crippen molar-refractivity contribution < 1.29 is 0 Å². The fourth-order valence-electron chi connectivity index (χ4n) is 2.95. The smallest absolute Gasteiger partial charge is 0.103 e. The van der Waals surface area contributed by atoms with Crippen LogP contribution >= 0.6 is 0 Å². The maximum absolute atomic E-state index is 9.27. The van der Waals surface area contributed by atoms with Gasteiger partial charge in [0.25, 0.3) is 0 Å². The minimum absolute atomic E-state index is 0.460. The van der Waals surface area contributed by atoms with E-state index in [0.29, 0.717) is 17.5 Å². The molecular weight excluding hydrogens is 236 g/mol. The van der Waals surface area contributed by atoms with Crippen LogP contribution in [0.1, 0.15) is 38.2 Å². The number of aromatic nitrogens is 2. The fraction of sp³-hybridized carbons (Fsp3) is 0.467. The average molecular weight is 254 g/mol. The summed E-state index contributed by atoms with van der Waals surface area (Å²) >= 11 is 0. The topological polar surface area (TPSA) is 53.1 Å². The molecule has 0 saturated heterocycles. The molecule has 0 aliphatic heterocycles. The molecule has 0 bridgehead atoms. The summed E-state index contributed by atoms with van der Waals surface area (Å²) in [6.45, 7) is 2.29. The molecule has 1 N–H and O–H groups in total. The maximum atomic E-state index is 9.27. The summed E-state index contributed by atoms with van der Waals surface area (Å²) in [6, 6.07) is 6.66. The normalized spacial score (nSPS) is 23.2. The van der Waals surface area contributed by atoms with E-state index in [9.17, 15) is 5.26 Å². The van der Waals surface area contributed by atoms with E-state index in [2.05, 4.69) is 23.4 Å². The van der Waals surface area contributed by atoms with Gasteiger partial charge in [0.15, 0.2) is 0 Å². The molecule has 4 nitrogen and oxygen atoms in total. The van der Waals surface area contributed by atoms with E-state index in [0.717, 1.165) is 11.2 Å². The first-order chi connectivity index (χ1) is 9.29. The third-order valence-corrected chi connectivity index (χ3v) is 4.13. The number of hydrogen-bond acceptors (Lipinski definition) is 3. The number of nitriles is 1. The summed E-state index contributed by atoms with van der Waals surface area (Å²) in [7, 11) is 0. The van der Waals surface area contributed by atoms with Gasteiger partial charge in [-0.25, -0.2) is 4.52 Å². The highest BCUT2D eigenvalue weighted by atomic mass is 15.2. The standard InChI is InChI=1S/C15H18N4/c1-11-5-2-3-6-13(11)18-15-12(9-16)10-17-19-8-4-7-14(15)19/h4,7-8,10-11,13,18H,2-3,5-6H2,1H3/t11-,13+/m0/s1. The van der Waals surface area contributed by atoms with Gasteiger partial charge in [0, 0.05) is 12.2 Å². The van der Waals surface area contributed by atoms with Crippen molar-refractivity contribution in [2.45, 2.75) is 38.6 Å². The minimum Gasteiger partial charge on any atom is -0.379 e. The van der Waals surface area contributed by atoms with Gasteiger partial charge >= 0.3 is 0 Å². The Labute approximate surface area is 113 Å². The molecule has 0 radical (unpaired) electrons. The molecule has 0 aromatic carbocycles. The highest BCUT2D eigenvalue weighted by Gasteiger charge is 2.22. The molecule has 98 valence electrons. The van der Waals surface area contributed by atoms with E-state index in [4.69, 9.17) is 0 Å². The summed E-state index contributed by atoms with van der Waals surface area (Å²) in [5.74, 6) is 0.656. The maximum Gasteiger partial charge on any atom is 0.103 e. The van der Waals surface area contributed by atoms with Gasteiger partial charge in [0.2, 0.25) is 0 Å².